The van der Waals surface area contributed by atoms with Gasteiger partial charge in [0.05, 0.1) is 0 Å². The van der Waals surface area contributed by atoms with Gasteiger partial charge in [0, 0.05) is 17.9 Å². The third kappa shape index (κ3) is 1.45. The molecule has 0 spiro atoms. The van der Waals surface area contributed by atoms with Crippen molar-refractivity contribution < 1.29 is 8.78 Å². The Labute approximate surface area is 89.0 Å². The van der Waals surface area contributed by atoms with Gasteiger partial charge in [-0.25, -0.2) is 8.78 Å². The molecule has 1 aliphatic heterocycles. The summed E-state index contributed by atoms with van der Waals surface area (Å²) in [5.41, 5.74) is 0. The maximum absolute atomic E-state index is 13.4. The van der Waals surface area contributed by atoms with Crippen molar-refractivity contribution in [1.29, 1.82) is 0 Å². The van der Waals surface area contributed by atoms with E-state index in [-0.39, 0.29) is 30.3 Å². The largest absolute Gasteiger partial charge is 0.313 e. The minimum Gasteiger partial charge on any atom is -0.313 e. The molecule has 0 bridgehead atoms. The van der Waals surface area contributed by atoms with Crippen LogP contribution >= 0.6 is 12.4 Å². The molecule has 0 radical (unpaired) electrons. The highest BCUT2D eigenvalue weighted by Gasteiger charge is 2.74. The molecule has 82 valence electrons. The molecule has 0 aromatic carbocycles. The maximum atomic E-state index is 13.4. The lowest BCUT2D eigenvalue weighted by atomic mass is 10.1. The van der Waals surface area contributed by atoms with Crippen LogP contribution in [0.3, 0.4) is 0 Å². The minimum atomic E-state index is -2.33. The van der Waals surface area contributed by atoms with E-state index in [9.17, 15) is 8.78 Å². The lowest BCUT2D eigenvalue weighted by Gasteiger charge is -2.07. The molecule has 3 unspecified atom stereocenters. The van der Waals surface area contributed by atoms with Crippen molar-refractivity contribution in [2.75, 3.05) is 6.54 Å². The molecule has 0 aromatic rings. The molecule has 3 aliphatic rings. The summed E-state index contributed by atoms with van der Waals surface area (Å²) in [5, 5.41) is 3.21. The third-order valence-corrected chi connectivity index (χ3v) is 3.83. The first kappa shape index (κ1) is 10.6. The molecular formula is C10H16ClF2N. The average molecular weight is 224 g/mol. The van der Waals surface area contributed by atoms with Gasteiger partial charge < -0.3 is 5.32 Å². The summed E-state index contributed by atoms with van der Waals surface area (Å²) in [6, 6.07) is 0.126. The van der Waals surface area contributed by atoms with E-state index in [2.05, 4.69) is 5.32 Å². The minimum absolute atomic E-state index is 0. The summed E-state index contributed by atoms with van der Waals surface area (Å²) in [7, 11) is 0. The fraction of sp³-hybridized carbons (Fsp3) is 1.00. The van der Waals surface area contributed by atoms with Gasteiger partial charge in [0.2, 0.25) is 0 Å². The molecule has 2 aliphatic carbocycles. The van der Waals surface area contributed by atoms with Gasteiger partial charge in [0.1, 0.15) is 0 Å². The van der Waals surface area contributed by atoms with Crippen molar-refractivity contribution in [3.05, 3.63) is 0 Å². The second kappa shape index (κ2) is 3.31. The van der Waals surface area contributed by atoms with Gasteiger partial charge in [-0.1, -0.05) is 0 Å². The van der Waals surface area contributed by atoms with Crippen LogP contribution < -0.4 is 5.32 Å². The van der Waals surface area contributed by atoms with E-state index in [1.807, 2.05) is 0 Å². The van der Waals surface area contributed by atoms with E-state index in [1.54, 1.807) is 0 Å². The van der Waals surface area contributed by atoms with Crippen LogP contribution in [0.2, 0.25) is 0 Å². The van der Waals surface area contributed by atoms with E-state index in [0.29, 0.717) is 5.92 Å². The van der Waals surface area contributed by atoms with Crippen LogP contribution in [-0.4, -0.2) is 18.5 Å². The molecule has 1 nitrogen and oxygen atoms in total. The van der Waals surface area contributed by atoms with Crippen molar-refractivity contribution in [3.8, 4) is 0 Å². The number of nitrogens with one attached hydrogen (secondary N) is 1. The quantitative estimate of drug-likeness (QED) is 0.759. The molecule has 1 heterocycles. The number of alkyl halides is 2. The monoisotopic (exact) mass is 223 g/mol. The predicted molar refractivity (Wildman–Crippen MR) is 52.9 cm³/mol. The van der Waals surface area contributed by atoms with Gasteiger partial charge >= 0.3 is 0 Å². The summed E-state index contributed by atoms with van der Waals surface area (Å²) < 4.78 is 26.7. The van der Waals surface area contributed by atoms with Gasteiger partial charge in [-0.15, -0.1) is 12.4 Å². The van der Waals surface area contributed by atoms with Crippen LogP contribution in [-0.2, 0) is 0 Å². The van der Waals surface area contributed by atoms with Gasteiger partial charge in [-0.2, -0.15) is 0 Å². The van der Waals surface area contributed by atoms with Crippen molar-refractivity contribution in [2.45, 2.75) is 37.6 Å². The van der Waals surface area contributed by atoms with Crippen molar-refractivity contribution in [3.63, 3.8) is 0 Å². The third-order valence-electron chi connectivity index (χ3n) is 3.83. The number of rotatable bonds is 2. The summed E-state index contributed by atoms with van der Waals surface area (Å²) in [5.74, 6) is -2.55. The number of hydrogen-bond donors (Lipinski definition) is 1. The average Bonchev–Trinajstić information content (AvgIpc) is 2.91. The summed E-state index contributed by atoms with van der Waals surface area (Å²) in [6.07, 6.45) is 4.13. The normalized spacial score (nSPS) is 44.6. The number of hydrogen-bond acceptors (Lipinski definition) is 1. The summed E-state index contributed by atoms with van der Waals surface area (Å²) in [6.45, 7) is 0.939. The van der Waals surface area contributed by atoms with Crippen LogP contribution in [0.1, 0.15) is 25.7 Å². The predicted octanol–water partition coefficient (Wildman–Crippen LogP) is 2.45. The Balaban J connectivity index is 0.000000750. The highest BCUT2D eigenvalue weighted by Crippen LogP contribution is 2.66. The van der Waals surface area contributed by atoms with Gasteiger partial charge in [0.25, 0.3) is 5.92 Å². The molecule has 0 amide bonds. The van der Waals surface area contributed by atoms with E-state index < -0.39 is 5.92 Å². The Bertz CT molecular complexity index is 224. The van der Waals surface area contributed by atoms with E-state index in [1.165, 1.54) is 0 Å². The molecule has 3 atom stereocenters. The molecule has 0 aromatic heterocycles. The van der Waals surface area contributed by atoms with E-state index >= 15 is 0 Å². The highest BCUT2D eigenvalue weighted by atomic mass is 35.5. The molecule has 14 heavy (non-hydrogen) atoms. The van der Waals surface area contributed by atoms with Crippen LogP contribution in [0.15, 0.2) is 0 Å². The van der Waals surface area contributed by atoms with Crippen molar-refractivity contribution in [2.24, 2.45) is 17.8 Å². The van der Waals surface area contributed by atoms with E-state index in [0.717, 1.165) is 32.2 Å². The Kier molecular flexibility index (Phi) is 2.51. The first-order valence-corrected chi connectivity index (χ1v) is 5.32. The van der Waals surface area contributed by atoms with Crippen LogP contribution in [0, 0.1) is 17.8 Å². The molecule has 1 saturated heterocycles. The SMILES string of the molecule is Cl.FC1(F)C(C2CC2)C1C1CCCN1. The van der Waals surface area contributed by atoms with Gasteiger partial charge in [-0.3, -0.25) is 0 Å². The van der Waals surface area contributed by atoms with Crippen molar-refractivity contribution in [1.82, 2.24) is 5.32 Å². The molecule has 3 fully saturated rings. The van der Waals surface area contributed by atoms with Gasteiger partial charge in [-0.05, 0) is 38.1 Å². The van der Waals surface area contributed by atoms with Gasteiger partial charge in [0.15, 0.2) is 0 Å². The Morgan fingerprint density at radius 2 is 1.79 bits per heavy atom. The van der Waals surface area contributed by atoms with Crippen molar-refractivity contribution >= 4 is 12.4 Å². The Morgan fingerprint density at radius 1 is 1.07 bits per heavy atom. The summed E-state index contributed by atoms with van der Waals surface area (Å²) >= 11 is 0. The zero-order valence-corrected chi connectivity index (χ0v) is 8.83. The molecule has 1 N–H and O–H groups in total. The Hall–Kier alpha value is 0.110. The van der Waals surface area contributed by atoms with E-state index in [4.69, 9.17) is 0 Å². The highest BCUT2D eigenvalue weighted by molar-refractivity contribution is 5.85. The first-order valence-electron chi connectivity index (χ1n) is 5.32. The zero-order chi connectivity index (χ0) is 9.05. The van der Waals surface area contributed by atoms with Crippen LogP contribution in [0.5, 0.6) is 0 Å². The maximum Gasteiger partial charge on any atom is 0.256 e. The topological polar surface area (TPSA) is 12.0 Å². The molecule has 3 rings (SSSR count). The van der Waals surface area contributed by atoms with Crippen LogP contribution in [0.25, 0.3) is 0 Å². The lowest BCUT2D eigenvalue weighted by molar-refractivity contribution is 0.0758. The fourth-order valence-corrected chi connectivity index (χ4v) is 2.97. The smallest absolute Gasteiger partial charge is 0.256 e. The second-order valence-corrected chi connectivity index (χ2v) is 4.77. The zero-order valence-electron chi connectivity index (χ0n) is 8.01. The summed E-state index contributed by atoms with van der Waals surface area (Å²) in [4.78, 5) is 0. The number of halogens is 3. The molecular weight excluding hydrogens is 208 g/mol. The first-order chi connectivity index (χ1) is 6.21. The fourth-order valence-electron chi connectivity index (χ4n) is 2.97. The molecule has 4 heteroatoms. The molecule has 2 saturated carbocycles. The standard InChI is InChI=1S/C10H15F2N.ClH/c11-10(12)8(6-3-4-6)9(10)7-2-1-5-13-7;/h6-9,13H,1-5H2;1H. The second-order valence-electron chi connectivity index (χ2n) is 4.77. The van der Waals surface area contributed by atoms with Crippen LogP contribution in [0.4, 0.5) is 8.78 Å². The Morgan fingerprint density at radius 3 is 2.29 bits per heavy atom. The lowest BCUT2D eigenvalue weighted by Crippen LogP contribution is -2.26.